The zero-order chi connectivity index (χ0) is 26.2. The normalized spacial score (nSPS) is 11.3. The van der Waals surface area contributed by atoms with Gasteiger partial charge in [0.2, 0.25) is 0 Å². The van der Waals surface area contributed by atoms with E-state index >= 15 is 0 Å². The maximum absolute atomic E-state index is 11.8. The van der Waals surface area contributed by atoms with E-state index in [1.165, 1.54) is 128 Å². The summed E-state index contributed by atoms with van der Waals surface area (Å²) in [6.07, 6.45) is 31.2. The Bertz CT molecular complexity index is 377. The van der Waals surface area contributed by atoms with Gasteiger partial charge in [-0.25, -0.2) is 0 Å². The van der Waals surface area contributed by atoms with Crippen LogP contribution in [0.1, 0.15) is 168 Å². The molecule has 216 valence electrons. The van der Waals surface area contributed by atoms with Crippen LogP contribution in [0.5, 0.6) is 0 Å². The summed E-state index contributed by atoms with van der Waals surface area (Å²) < 4.78 is 16.4. The summed E-state index contributed by atoms with van der Waals surface area (Å²) in [6.45, 7) is 7.39. The first kappa shape index (κ1) is 35.4. The van der Waals surface area contributed by atoms with E-state index in [1.807, 2.05) is 0 Å². The summed E-state index contributed by atoms with van der Waals surface area (Å²) in [5.74, 6) is -0.0840. The molecule has 0 atom stereocenters. The quantitative estimate of drug-likeness (QED) is 0.0684. The van der Waals surface area contributed by atoms with Crippen molar-refractivity contribution in [3.05, 3.63) is 0 Å². The largest absolute Gasteiger partial charge is 0.463 e. The Balaban J connectivity index is 3.14. The first-order valence-corrected chi connectivity index (χ1v) is 16.1. The molecule has 0 spiro atoms. The molecule has 0 aliphatic carbocycles. The van der Waals surface area contributed by atoms with Gasteiger partial charge in [0.15, 0.2) is 0 Å². The molecule has 4 heteroatoms. The van der Waals surface area contributed by atoms with Crippen molar-refractivity contribution in [3.8, 4) is 0 Å². The first-order chi connectivity index (χ1) is 17.8. The highest BCUT2D eigenvalue weighted by molar-refractivity contribution is 5.69. The van der Waals surface area contributed by atoms with Crippen LogP contribution in [0, 0.1) is 0 Å². The zero-order valence-corrected chi connectivity index (χ0v) is 24.6. The fourth-order valence-electron chi connectivity index (χ4n) is 4.59. The molecule has 0 aliphatic rings. The third-order valence-electron chi connectivity index (χ3n) is 6.99. The average molecular weight is 513 g/mol. The topological polar surface area (TPSA) is 44.8 Å². The van der Waals surface area contributed by atoms with Crippen molar-refractivity contribution in [2.45, 2.75) is 168 Å². The van der Waals surface area contributed by atoms with E-state index in [1.54, 1.807) is 0 Å². The zero-order valence-electron chi connectivity index (χ0n) is 24.6. The molecule has 0 saturated heterocycles. The number of esters is 1. The van der Waals surface area contributed by atoms with Gasteiger partial charge in [-0.1, -0.05) is 149 Å². The second-order valence-corrected chi connectivity index (χ2v) is 10.6. The number of carbonyl (C=O) groups excluding carboxylic acids is 1. The summed E-state index contributed by atoms with van der Waals surface area (Å²) in [5.41, 5.74) is 0. The van der Waals surface area contributed by atoms with Crippen molar-refractivity contribution in [2.75, 3.05) is 33.0 Å². The van der Waals surface area contributed by atoms with Crippen molar-refractivity contribution in [2.24, 2.45) is 0 Å². The minimum absolute atomic E-state index is 0.0840. The van der Waals surface area contributed by atoms with Crippen LogP contribution in [0.4, 0.5) is 0 Å². The summed E-state index contributed by atoms with van der Waals surface area (Å²) >= 11 is 0. The molecule has 0 aromatic rings. The van der Waals surface area contributed by atoms with Gasteiger partial charge in [0.1, 0.15) is 6.61 Å². The number of hydrogen-bond acceptors (Lipinski definition) is 4. The Labute approximate surface area is 226 Å². The van der Waals surface area contributed by atoms with Crippen LogP contribution >= 0.6 is 0 Å². The molecule has 0 aromatic carbocycles. The van der Waals surface area contributed by atoms with Gasteiger partial charge >= 0.3 is 5.97 Å². The van der Waals surface area contributed by atoms with Crippen LogP contribution in [-0.4, -0.2) is 39.0 Å². The van der Waals surface area contributed by atoms with Crippen LogP contribution in [0.25, 0.3) is 0 Å². The smallest absolute Gasteiger partial charge is 0.305 e. The van der Waals surface area contributed by atoms with Crippen LogP contribution in [0.2, 0.25) is 0 Å². The van der Waals surface area contributed by atoms with Gasteiger partial charge in [0.05, 0.1) is 19.8 Å². The summed E-state index contributed by atoms with van der Waals surface area (Å²) in [6, 6.07) is 0. The van der Waals surface area contributed by atoms with Crippen LogP contribution in [-0.2, 0) is 19.0 Å². The predicted molar refractivity (Wildman–Crippen MR) is 155 cm³/mol. The fourth-order valence-corrected chi connectivity index (χ4v) is 4.59. The van der Waals surface area contributed by atoms with E-state index in [9.17, 15) is 4.79 Å². The lowest BCUT2D eigenvalue weighted by atomic mass is 10.0. The molecule has 0 saturated carbocycles. The molecule has 0 rings (SSSR count). The molecular formula is C32H64O4. The Morgan fingerprint density at radius 2 is 0.722 bits per heavy atom. The maximum atomic E-state index is 11.8. The van der Waals surface area contributed by atoms with E-state index in [0.29, 0.717) is 32.8 Å². The minimum Gasteiger partial charge on any atom is -0.463 e. The van der Waals surface area contributed by atoms with Gasteiger partial charge < -0.3 is 14.2 Å². The third kappa shape index (κ3) is 31.4. The van der Waals surface area contributed by atoms with Crippen molar-refractivity contribution in [1.82, 2.24) is 0 Å². The van der Waals surface area contributed by atoms with Gasteiger partial charge in [0.25, 0.3) is 0 Å². The Morgan fingerprint density at radius 1 is 0.389 bits per heavy atom. The Morgan fingerprint density at radius 3 is 1.17 bits per heavy atom. The van der Waals surface area contributed by atoms with Gasteiger partial charge in [-0.3, -0.25) is 4.79 Å². The molecule has 0 aromatic heterocycles. The van der Waals surface area contributed by atoms with E-state index in [4.69, 9.17) is 14.2 Å². The highest BCUT2D eigenvalue weighted by atomic mass is 16.6. The monoisotopic (exact) mass is 512 g/mol. The lowest BCUT2D eigenvalue weighted by Gasteiger charge is -2.07. The van der Waals surface area contributed by atoms with Gasteiger partial charge in [0, 0.05) is 13.0 Å². The molecule has 0 heterocycles. The average Bonchev–Trinajstić information content (AvgIpc) is 2.88. The van der Waals surface area contributed by atoms with Crippen molar-refractivity contribution < 1.29 is 19.0 Å². The minimum atomic E-state index is -0.0840. The first-order valence-electron chi connectivity index (χ1n) is 16.1. The van der Waals surface area contributed by atoms with E-state index in [2.05, 4.69) is 13.8 Å². The Hall–Kier alpha value is -0.610. The number of hydrogen-bond donors (Lipinski definition) is 0. The molecule has 0 amide bonds. The van der Waals surface area contributed by atoms with Crippen molar-refractivity contribution in [1.29, 1.82) is 0 Å². The molecule has 0 fully saturated rings. The van der Waals surface area contributed by atoms with E-state index < -0.39 is 0 Å². The van der Waals surface area contributed by atoms with Crippen molar-refractivity contribution >= 4 is 5.97 Å². The maximum Gasteiger partial charge on any atom is 0.305 e. The SMILES string of the molecule is CCCCCCCCCCCCCCCCCC(=O)OCCOCCOCCCCCCCCCC. The van der Waals surface area contributed by atoms with Gasteiger partial charge in [-0.05, 0) is 12.8 Å². The molecule has 0 bridgehead atoms. The molecule has 0 N–H and O–H groups in total. The lowest BCUT2D eigenvalue weighted by Crippen LogP contribution is -2.13. The van der Waals surface area contributed by atoms with Gasteiger partial charge in [-0.2, -0.15) is 0 Å². The van der Waals surface area contributed by atoms with Crippen molar-refractivity contribution in [3.63, 3.8) is 0 Å². The fraction of sp³-hybridized carbons (Fsp3) is 0.969. The highest BCUT2D eigenvalue weighted by Gasteiger charge is 2.03. The molecule has 0 unspecified atom stereocenters. The molecule has 36 heavy (non-hydrogen) atoms. The van der Waals surface area contributed by atoms with E-state index in [-0.39, 0.29) is 5.97 Å². The second kappa shape index (κ2) is 32.4. The molecule has 0 radical (unpaired) electrons. The van der Waals surface area contributed by atoms with Crippen LogP contribution < -0.4 is 0 Å². The summed E-state index contributed by atoms with van der Waals surface area (Å²) in [7, 11) is 0. The highest BCUT2D eigenvalue weighted by Crippen LogP contribution is 2.14. The summed E-state index contributed by atoms with van der Waals surface area (Å²) in [5, 5.41) is 0. The molecule has 4 nitrogen and oxygen atoms in total. The number of ether oxygens (including phenoxy) is 3. The second-order valence-electron chi connectivity index (χ2n) is 10.6. The lowest BCUT2D eigenvalue weighted by molar-refractivity contribution is -0.145. The third-order valence-corrected chi connectivity index (χ3v) is 6.99. The van der Waals surface area contributed by atoms with Gasteiger partial charge in [-0.15, -0.1) is 0 Å². The van der Waals surface area contributed by atoms with Crippen LogP contribution in [0.15, 0.2) is 0 Å². The summed E-state index contributed by atoms with van der Waals surface area (Å²) in [4.78, 5) is 11.8. The van der Waals surface area contributed by atoms with E-state index in [0.717, 1.165) is 25.9 Å². The Kier molecular flexibility index (Phi) is 31.9. The predicted octanol–water partition coefficient (Wildman–Crippen LogP) is 9.96. The standard InChI is InChI=1S/C32H64O4/c1-3-5-7-9-11-13-14-15-16-17-18-19-20-22-24-26-32(33)36-31-30-35-29-28-34-27-25-23-21-12-10-8-6-4-2/h3-31H2,1-2H3. The molecule has 0 aliphatic heterocycles. The number of rotatable bonds is 31. The molecular weight excluding hydrogens is 448 g/mol. The number of unbranched alkanes of at least 4 members (excludes halogenated alkanes) is 21. The number of carbonyl (C=O) groups is 1. The van der Waals surface area contributed by atoms with Crippen LogP contribution in [0.3, 0.4) is 0 Å².